The molecule has 20 heavy (non-hydrogen) atoms. The Morgan fingerprint density at radius 1 is 1.30 bits per heavy atom. The Hall–Kier alpha value is -1.80. The Bertz CT molecular complexity index is 435. The van der Waals surface area contributed by atoms with Crippen molar-refractivity contribution >= 4 is 6.09 Å². The van der Waals surface area contributed by atoms with E-state index in [4.69, 9.17) is 10.9 Å². The topological polar surface area (TPSA) is 87.4 Å². The molecule has 1 aromatic rings. The van der Waals surface area contributed by atoms with Crippen LogP contribution in [0.4, 0.5) is 18.0 Å². The first-order valence-corrected chi connectivity index (χ1v) is 5.92. The van der Waals surface area contributed by atoms with E-state index < -0.39 is 23.9 Å². The van der Waals surface area contributed by atoms with Gasteiger partial charge in [-0.25, -0.2) is 4.79 Å². The molecule has 0 aliphatic heterocycles. The second-order valence-electron chi connectivity index (χ2n) is 4.29. The molecule has 0 radical (unpaired) electrons. The third-order valence-electron chi connectivity index (χ3n) is 2.73. The number of halogens is 3. The molecule has 0 spiro atoms. The lowest BCUT2D eigenvalue weighted by Crippen LogP contribution is -2.38. The first-order valence-electron chi connectivity index (χ1n) is 5.92. The van der Waals surface area contributed by atoms with E-state index in [1.54, 1.807) is 0 Å². The monoisotopic (exact) mass is 291 g/mol. The van der Waals surface area contributed by atoms with Gasteiger partial charge in [0.1, 0.15) is 0 Å². The quantitative estimate of drug-likeness (QED) is 0.475. The Morgan fingerprint density at radius 3 is 2.35 bits per heavy atom. The van der Waals surface area contributed by atoms with Gasteiger partial charge in [0.05, 0.1) is 5.56 Å². The van der Waals surface area contributed by atoms with Crippen LogP contribution >= 0.6 is 0 Å². The van der Waals surface area contributed by atoms with E-state index in [0.29, 0.717) is 24.9 Å². The number of hydrazine groups is 1. The summed E-state index contributed by atoms with van der Waals surface area (Å²) >= 11 is 0. The van der Waals surface area contributed by atoms with Crippen LogP contribution in [0.15, 0.2) is 24.3 Å². The SMILES string of the molecule is NNCC[C@H](Cc1ccc(C(F)(F)F)cc1)NC(=O)O. The van der Waals surface area contributed by atoms with Crippen LogP contribution in [0.5, 0.6) is 0 Å². The number of alkyl halides is 3. The fourth-order valence-electron chi connectivity index (χ4n) is 1.77. The molecule has 0 aliphatic rings. The summed E-state index contributed by atoms with van der Waals surface area (Å²) in [5, 5.41) is 11.0. The van der Waals surface area contributed by atoms with Gasteiger partial charge in [0.15, 0.2) is 0 Å². The molecule has 0 heterocycles. The van der Waals surface area contributed by atoms with Crippen LogP contribution in [0.1, 0.15) is 17.5 Å². The molecule has 0 saturated carbocycles. The minimum Gasteiger partial charge on any atom is -0.465 e. The van der Waals surface area contributed by atoms with Gasteiger partial charge in [0.2, 0.25) is 0 Å². The third-order valence-corrected chi connectivity index (χ3v) is 2.73. The summed E-state index contributed by atoms with van der Waals surface area (Å²) in [6.07, 6.45) is -4.82. The van der Waals surface area contributed by atoms with Crippen molar-refractivity contribution in [1.29, 1.82) is 0 Å². The minimum absolute atomic E-state index is 0.298. The number of benzene rings is 1. The number of nitrogens with two attached hydrogens (primary N) is 1. The molecule has 5 N–H and O–H groups in total. The molecule has 0 fully saturated rings. The average molecular weight is 291 g/mol. The van der Waals surface area contributed by atoms with Crippen LogP contribution in [0.3, 0.4) is 0 Å². The van der Waals surface area contributed by atoms with Crippen molar-refractivity contribution in [3.8, 4) is 0 Å². The Kier molecular flexibility index (Phi) is 5.78. The van der Waals surface area contributed by atoms with Crippen LogP contribution in [0.2, 0.25) is 0 Å². The summed E-state index contributed by atoms with van der Waals surface area (Å²) in [6.45, 7) is 0.394. The summed E-state index contributed by atoms with van der Waals surface area (Å²) in [5.74, 6) is 5.12. The largest absolute Gasteiger partial charge is 0.465 e. The first-order chi connectivity index (χ1) is 9.32. The van der Waals surface area contributed by atoms with Gasteiger partial charge in [-0.3, -0.25) is 11.3 Å². The number of amides is 1. The number of carbonyl (C=O) groups is 1. The van der Waals surface area contributed by atoms with Crippen LogP contribution in [-0.4, -0.2) is 23.8 Å². The van der Waals surface area contributed by atoms with Gasteiger partial charge in [-0.2, -0.15) is 13.2 Å². The summed E-state index contributed by atoms with van der Waals surface area (Å²) < 4.78 is 37.2. The molecule has 112 valence electrons. The molecule has 1 atom stereocenters. The second-order valence-corrected chi connectivity index (χ2v) is 4.29. The normalized spacial score (nSPS) is 13.0. The molecule has 0 saturated heterocycles. The highest BCUT2D eigenvalue weighted by Crippen LogP contribution is 2.29. The predicted molar refractivity (Wildman–Crippen MR) is 66.9 cm³/mol. The third kappa shape index (κ3) is 5.45. The van der Waals surface area contributed by atoms with Crippen LogP contribution in [0, 0.1) is 0 Å². The zero-order valence-corrected chi connectivity index (χ0v) is 10.6. The number of carboxylic acid groups (broad SMARTS) is 1. The molecular formula is C12H16F3N3O2. The van der Waals surface area contributed by atoms with E-state index in [1.165, 1.54) is 12.1 Å². The standard InChI is InChI=1S/C12H16F3N3O2/c13-12(14,15)9-3-1-8(2-4-9)7-10(5-6-17-16)18-11(19)20/h1-4,10,17-18H,5-7,16H2,(H,19,20)/t10-/m1/s1. The van der Waals surface area contributed by atoms with Gasteiger partial charge in [-0.15, -0.1) is 0 Å². The summed E-state index contributed by atoms with van der Waals surface area (Å²) in [6, 6.07) is 4.23. The molecule has 5 nitrogen and oxygen atoms in total. The van der Waals surface area contributed by atoms with Gasteiger partial charge in [0.25, 0.3) is 0 Å². The van der Waals surface area contributed by atoms with Crippen LogP contribution in [-0.2, 0) is 12.6 Å². The molecule has 0 unspecified atom stereocenters. The van der Waals surface area contributed by atoms with Crippen molar-refractivity contribution in [3.63, 3.8) is 0 Å². The Morgan fingerprint density at radius 2 is 1.90 bits per heavy atom. The fourth-order valence-corrected chi connectivity index (χ4v) is 1.77. The fraction of sp³-hybridized carbons (Fsp3) is 0.417. The summed E-state index contributed by atoms with van der Waals surface area (Å²) in [5.41, 5.74) is 2.29. The van der Waals surface area contributed by atoms with Crippen LogP contribution in [0.25, 0.3) is 0 Å². The zero-order valence-electron chi connectivity index (χ0n) is 10.6. The van der Waals surface area contributed by atoms with Crippen molar-refractivity contribution in [2.45, 2.75) is 25.1 Å². The molecule has 1 amide bonds. The van der Waals surface area contributed by atoms with Gasteiger partial charge >= 0.3 is 12.3 Å². The average Bonchev–Trinajstić information content (AvgIpc) is 2.35. The maximum absolute atomic E-state index is 12.4. The number of rotatable bonds is 6. The maximum atomic E-state index is 12.4. The van der Waals surface area contributed by atoms with Crippen molar-refractivity contribution in [2.75, 3.05) is 6.54 Å². The summed E-state index contributed by atoms with van der Waals surface area (Å²) in [7, 11) is 0. The summed E-state index contributed by atoms with van der Waals surface area (Å²) in [4.78, 5) is 10.6. The lowest BCUT2D eigenvalue weighted by Gasteiger charge is -2.17. The van der Waals surface area contributed by atoms with Gasteiger partial charge in [0, 0.05) is 12.6 Å². The highest BCUT2D eigenvalue weighted by molar-refractivity contribution is 5.64. The molecule has 0 aliphatic carbocycles. The second kappa shape index (κ2) is 7.11. The molecular weight excluding hydrogens is 275 g/mol. The van der Waals surface area contributed by atoms with E-state index in [1.807, 2.05) is 0 Å². The van der Waals surface area contributed by atoms with E-state index in [-0.39, 0.29) is 0 Å². The first kappa shape index (κ1) is 16.3. The molecule has 0 aromatic heterocycles. The highest BCUT2D eigenvalue weighted by Gasteiger charge is 2.30. The molecule has 1 aromatic carbocycles. The maximum Gasteiger partial charge on any atom is 0.416 e. The zero-order chi connectivity index (χ0) is 15.2. The number of hydrogen-bond donors (Lipinski definition) is 4. The van der Waals surface area contributed by atoms with E-state index in [9.17, 15) is 18.0 Å². The molecule has 0 bridgehead atoms. The van der Waals surface area contributed by atoms with Crippen molar-refractivity contribution in [1.82, 2.24) is 10.7 Å². The van der Waals surface area contributed by atoms with Gasteiger partial charge in [-0.05, 0) is 30.5 Å². The van der Waals surface area contributed by atoms with Crippen molar-refractivity contribution in [2.24, 2.45) is 5.84 Å². The predicted octanol–water partition coefficient (Wildman–Crippen LogP) is 1.74. The molecule has 8 heteroatoms. The van der Waals surface area contributed by atoms with Gasteiger partial charge in [-0.1, -0.05) is 12.1 Å². The van der Waals surface area contributed by atoms with Gasteiger partial charge < -0.3 is 10.4 Å². The lowest BCUT2D eigenvalue weighted by molar-refractivity contribution is -0.137. The lowest BCUT2D eigenvalue weighted by atomic mass is 10.0. The number of hydrogen-bond acceptors (Lipinski definition) is 3. The van der Waals surface area contributed by atoms with E-state index in [0.717, 1.165) is 12.1 Å². The van der Waals surface area contributed by atoms with Crippen molar-refractivity contribution < 1.29 is 23.1 Å². The Balaban J connectivity index is 2.70. The highest BCUT2D eigenvalue weighted by atomic mass is 19.4. The molecule has 1 rings (SSSR count). The van der Waals surface area contributed by atoms with E-state index in [2.05, 4.69) is 10.7 Å². The van der Waals surface area contributed by atoms with Crippen LogP contribution < -0.4 is 16.6 Å². The van der Waals surface area contributed by atoms with E-state index >= 15 is 0 Å². The van der Waals surface area contributed by atoms with Crippen molar-refractivity contribution in [3.05, 3.63) is 35.4 Å². The minimum atomic E-state index is -4.37. The smallest absolute Gasteiger partial charge is 0.416 e. The Labute approximate surface area is 113 Å². The number of nitrogens with one attached hydrogen (secondary N) is 2.